The van der Waals surface area contributed by atoms with Crippen LogP contribution in [-0.4, -0.2) is 9.13 Å². The Morgan fingerprint density at radius 3 is 1.27 bits per heavy atom. The van der Waals surface area contributed by atoms with E-state index in [9.17, 15) is 10.5 Å². The molecule has 0 fully saturated rings. The van der Waals surface area contributed by atoms with Crippen LogP contribution in [0.15, 0.2) is 152 Å². The van der Waals surface area contributed by atoms with Gasteiger partial charge in [0.05, 0.1) is 57.2 Å². The standard InChI is InChI=1S/C55H37N5/c1-33-6-14-38(15-7-33)41-20-24-51-46(28-41)44-26-35(3)10-22-49(44)59(51)54-43(32-57)30-48(58-5)55(53(54)40-18-12-37(31-56)13-19-40)60-50-23-11-36(4)27-45(50)47-29-42(21-25-52(47)60)39-16-8-34(2)9-17-39/h6-30H,1-4H3. The summed E-state index contributed by atoms with van der Waals surface area (Å²) in [6.45, 7) is 17.1. The molecule has 0 spiro atoms. The van der Waals surface area contributed by atoms with E-state index in [1.807, 2.05) is 24.3 Å². The number of nitrogens with zero attached hydrogens (tertiary/aromatic N) is 5. The van der Waals surface area contributed by atoms with E-state index >= 15 is 0 Å². The smallest absolute Gasteiger partial charge is 0.212 e. The molecule has 0 aliphatic carbocycles. The van der Waals surface area contributed by atoms with Gasteiger partial charge in [0.1, 0.15) is 6.07 Å². The summed E-state index contributed by atoms with van der Waals surface area (Å²) in [6.07, 6.45) is 0. The van der Waals surface area contributed by atoms with Crippen LogP contribution in [0.3, 0.4) is 0 Å². The van der Waals surface area contributed by atoms with Crippen molar-refractivity contribution in [2.24, 2.45) is 0 Å². The minimum Gasteiger partial charge on any atom is -0.318 e. The van der Waals surface area contributed by atoms with E-state index in [0.29, 0.717) is 28.2 Å². The number of hydrogen-bond acceptors (Lipinski definition) is 2. The fourth-order valence-corrected chi connectivity index (χ4v) is 8.87. The number of hydrogen-bond donors (Lipinski definition) is 0. The monoisotopic (exact) mass is 767 g/mol. The molecule has 2 heterocycles. The maximum Gasteiger partial charge on any atom is 0.212 e. The average Bonchev–Trinajstić information content (AvgIpc) is 3.76. The largest absolute Gasteiger partial charge is 0.318 e. The zero-order chi connectivity index (χ0) is 41.2. The molecule has 5 heteroatoms. The topological polar surface area (TPSA) is 61.8 Å². The number of nitriles is 2. The molecule has 60 heavy (non-hydrogen) atoms. The molecule has 8 aromatic carbocycles. The first-order chi connectivity index (χ1) is 29.2. The highest BCUT2D eigenvalue weighted by atomic mass is 15.0. The van der Waals surface area contributed by atoms with Crippen LogP contribution in [-0.2, 0) is 0 Å². The minimum absolute atomic E-state index is 0.356. The van der Waals surface area contributed by atoms with Gasteiger partial charge in [0.2, 0.25) is 5.69 Å². The fraction of sp³-hybridized carbons (Fsp3) is 0.0727. The predicted molar refractivity (Wildman–Crippen MR) is 246 cm³/mol. The zero-order valence-electron chi connectivity index (χ0n) is 33.7. The third-order valence-electron chi connectivity index (χ3n) is 11.9. The second-order valence-corrected chi connectivity index (χ2v) is 15.8. The molecule has 282 valence electrons. The van der Waals surface area contributed by atoms with Crippen LogP contribution in [0.5, 0.6) is 0 Å². The summed E-state index contributed by atoms with van der Waals surface area (Å²) in [6, 6.07) is 57.3. The molecule has 2 aromatic heterocycles. The van der Waals surface area contributed by atoms with E-state index in [2.05, 4.69) is 175 Å². The molecule has 0 unspecified atom stereocenters. The van der Waals surface area contributed by atoms with Crippen molar-refractivity contribution in [3.05, 3.63) is 196 Å². The van der Waals surface area contributed by atoms with Gasteiger partial charge in [0.15, 0.2) is 0 Å². The summed E-state index contributed by atoms with van der Waals surface area (Å²) >= 11 is 0. The van der Waals surface area contributed by atoms with Crippen LogP contribution in [0.4, 0.5) is 5.69 Å². The Bertz CT molecular complexity index is 3320. The number of aromatic nitrogens is 2. The Morgan fingerprint density at radius 2 is 0.817 bits per heavy atom. The lowest BCUT2D eigenvalue weighted by Crippen LogP contribution is -2.07. The Kier molecular flexibility index (Phi) is 8.47. The second kappa shape index (κ2) is 14.0. The van der Waals surface area contributed by atoms with Crippen LogP contribution in [0.25, 0.3) is 93.2 Å². The summed E-state index contributed by atoms with van der Waals surface area (Å²) in [5.74, 6) is 0. The van der Waals surface area contributed by atoms with E-state index in [4.69, 9.17) is 6.57 Å². The molecule has 0 aliphatic heterocycles. The van der Waals surface area contributed by atoms with E-state index in [-0.39, 0.29) is 0 Å². The lowest BCUT2D eigenvalue weighted by molar-refractivity contribution is 1.13. The van der Waals surface area contributed by atoms with Crippen LogP contribution in [0.1, 0.15) is 33.4 Å². The first-order valence-electron chi connectivity index (χ1n) is 20.0. The van der Waals surface area contributed by atoms with E-state index in [1.54, 1.807) is 6.07 Å². The summed E-state index contributed by atoms with van der Waals surface area (Å²) in [4.78, 5) is 4.19. The van der Waals surface area contributed by atoms with Crippen LogP contribution in [0, 0.1) is 56.9 Å². The molecule has 0 aliphatic rings. The molecule has 0 amide bonds. The number of fused-ring (bicyclic) bond motifs is 6. The van der Waals surface area contributed by atoms with Gasteiger partial charge in [0, 0.05) is 27.1 Å². The molecule has 0 saturated carbocycles. The highest BCUT2D eigenvalue weighted by Crippen LogP contribution is 2.48. The van der Waals surface area contributed by atoms with Gasteiger partial charge in [-0.3, -0.25) is 0 Å². The normalized spacial score (nSPS) is 11.3. The highest BCUT2D eigenvalue weighted by molar-refractivity contribution is 6.14. The molecule has 10 rings (SSSR count). The van der Waals surface area contributed by atoms with Gasteiger partial charge in [-0.25, -0.2) is 4.85 Å². The van der Waals surface area contributed by atoms with Crippen molar-refractivity contribution >= 4 is 49.3 Å². The van der Waals surface area contributed by atoms with Crippen molar-refractivity contribution in [1.82, 2.24) is 9.13 Å². The highest BCUT2D eigenvalue weighted by Gasteiger charge is 2.28. The molecule has 0 N–H and O–H groups in total. The Labute approximate surface area is 348 Å². The molecule has 0 saturated heterocycles. The van der Waals surface area contributed by atoms with Crippen molar-refractivity contribution in [2.75, 3.05) is 0 Å². The van der Waals surface area contributed by atoms with E-state index < -0.39 is 0 Å². The Hall–Kier alpha value is -8.17. The van der Waals surface area contributed by atoms with Crippen molar-refractivity contribution in [3.8, 4) is 56.9 Å². The number of rotatable bonds is 5. The minimum atomic E-state index is 0.356. The average molecular weight is 768 g/mol. The second-order valence-electron chi connectivity index (χ2n) is 15.8. The maximum absolute atomic E-state index is 11.1. The van der Waals surface area contributed by atoms with Crippen molar-refractivity contribution < 1.29 is 0 Å². The van der Waals surface area contributed by atoms with Gasteiger partial charge in [-0.1, -0.05) is 107 Å². The Balaban J connectivity index is 1.36. The van der Waals surface area contributed by atoms with Crippen molar-refractivity contribution in [2.45, 2.75) is 27.7 Å². The number of aryl methyl sites for hydroxylation is 4. The maximum atomic E-state index is 11.1. The number of benzene rings is 8. The molecule has 0 atom stereocenters. The van der Waals surface area contributed by atoms with Gasteiger partial charge in [-0.2, -0.15) is 10.5 Å². The lowest BCUT2D eigenvalue weighted by Gasteiger charge is -2.23. The van der Waals surface area contributed by atoms with Crippen molar-refractivity contribution in [1.29, 1.82) is 10.5 Å². The van der Waals surface area contributed by atoms with Crippen molar-refractivity contribution in [3.63, 3.8) is 0 Å². The molecule has 0 bridgehead atoms. The van der Waals surface area contributed by atoms with Crippen LogP contribution in [0.2, 0.25) is 0 Å². The first-order valence-corrected chi connectivity index (χ1v) is 20.0. The summed E-state index contributed by atoms with van der Waals surface area (Å²) in [5, 5.41) is 25.3. The molecule has 5 nitrogen and oxygen atoms in total. The van der Waals surface area contributed by atoms with Crippen LogP contribution < -0.4 is 0 Å². The predicted octanol–water partition coefficient (Wildman–Crippen LogP) is 14.4. The van der Waals surface area contributed by atoms with Gasteiger partial charge < -0.3 is 9.13 Å². The molecular formula is C55H37N5. The van der Waals surface area contributed by atoms with Gasteiger partial charge in [0.25, 0.3) is 0 Å². The summed E-state index contributed by atoms with van der Waals surface area (Å²) in [7, 11) is 0. The zero-order valence-corrected chi connectivity index (χ0v) is 33.7. The summed E-state index contributed by atoms with van der Waals surface area (Å²) in [5.41, 5.74) is 17.1. The van der Waals surface area contributed by atoms with Gasteiger partial charge in [-0.05, 0) is 122 Å². The third-order valence-corrected chi connectivity index (χ3v) is 11.9. The SMILES string of the molecule is [C-]#[N+]c1cc(C#N)c(-n2c3ccc(C)cc3c3cc(-c4ccc(C)cc4)ccc32)c(-c2ccc(C#N)cc2)c1-n1c2ccc(C)cc2c2cc(-c3ccc(C)cc3)ccc21. The molecule has 10 aromatic rings. The van der Waals surface area contributed by atoms with E-state index in [0.717, 1.165) is 88.1 Å². The van der Waals surface area contributed by atoms with Crippen LogP contribution >= 0.6 is 0 Å². The van der Waals surface area contributed by atoms with Gasteiger partial charge in [-0.15, -0.1) is 0 Å². The third kappa shape index (κ3) is 5.74. The fourth-order valence-electron chi connectivity index (χ4n) is 8.87. The quantitative estimate of drug-likeness (QED) is 0.164. The molecule has 0 radical (unpaired) electrons. The summed E-state index contributed by atoms with van der Waals surface area (Å²) < 4.78 is 4.42. The first kappa shape index (κ1) is 36.2. The lowest BCUT2D eigenvalue weighted by atomic mass is 9.95. The van der Waals surface area contributed by atoms with Gasteiger partial charge >= 0.3 is 0 Å². The molecular weight excluding hydrogens is 731 g/mol. The van der Waals surface area contributed by atoms with E-state index in [1.165, 1.54) is 11.1 Å². The Morgan fingerprint density at radius 1 is 0.417 bits per heavy atom.